The van der Waals surface area contributed by atoms with Gasteiger partial charge in [0.2, 0.25) is 11.8 Å². The van der Waals surface area contributed by atoms with Crippen LogP contribution in [0, 0.1) is 0 Å². The van der Waals surface area contributed by atoms with Gasteiger partial charge in [0.25, 0.3) is 0 Å². The van der Waals surface area contributed by atoms with E-state index in [0.29, 0.717) is 19.4 Å². The van der Waals surface area contributed by atoms with E-state index in [1.165, 1.54) is 4.90 Å². The summed E-state index contributed by atoms with van der Waals surface area (Å²) in [5, 5.41) is 2.87. The summed E-state index contributed by atoms with van der Waals surface area (Å²) in [6.45, 7) is 5.82. The number of ether oxygens (including phenoxy) is 1. The van der Waals surface area contributed by atoms with Gasteiger partial charge in [-0.15, -0.1) is 0 Å². The average molecular weight is 466 g/mol. The van der Waals surface area contributed by atoms with E-state index in [0.717, 1.165) is 22.9 Å². The minimum absolute atomic E-state index is 0.171. The number of hydrogen-bond acceptors (Lipinski definition) is 4. The number of halogens is 1. The third-order valence-electron chi connectivity index (χ3n) is 5.45. The first kappa shape index (κ1) is 21.6. The molecule has 3 N–H and O–H groups in total. The van der Waals surface area contributed by atoms with Crippen LogP contribution in [0.25, 0.3) is 0 Å². The van der Waals surface area contributed by atoms with Crippen LogP contribution < -0.4 is 11.1 Å². The molecular weight excluding hydrogens is 438 g/mol. The molecule has 0 spiro atoms. The van der Waals surface area contributed by atoms with Gasteiger partial charge in [-0.2, -0.15) is 0 Å². The van der Waals surface area contributed by atoms with E-state index in [4.69, 9.17) is 10.5 Å². The zero-order valence-electron chi connectivity index (χ0n) is 17.0. The molecule has 7 nitrogen and oxygen atoms in total. The van der Waals surface area contributed by atoms with Gasteiger partial charge < -0.3 is 15.8 Å². The number of nitrogens with two attached hydrogens (primary N) is 1. The lowest BCUT2D eigenvalue weighted by molar-refractivity contribution is -0.132. The van der Waals surface area contributed by atoms with Crippen LogP contribution in [0.2, 0.25) is 0 Å². The van der Waals surface area contributed by atoms with Gasteiger partial charge in [-0.05, 0) is 64.2 Å². The molecule has 1 aromatic carbocycles. The number of carbonyl (C=O) groups excluding carboxylic acids is 3. The van der Waals surface area contributed by atoms with E-state index in [-0.39, 0.29) is 11.8 Å². The summed E-state index contributed by atoms with van der Waals surface area (Å²) in [6.07, 6.45) is 2.12. The highest BCUT2D eigenvalue weighted by molar-refractivity contribution is 9.10. The van der Waals surface area contributed by atoms with E-state index < -0.39 is 29.2 Å². The first-order valence-corrected chi connectivity index (χ1v) is 10.7. The van der Waals surface area contributed by atoms with Crippen molar-refractivity contribution in [1.29, 1.82) is 0 Å². The number of piperidine rings is 1. The van der Waals surface area contributed by atoms with E-state index in [2.05, 4.69) is 21.2 Å². The van der Waals surface area contributed by atoms with Crippen molar-refractivity contribution < 1.29 is 19.1 Å². The summed E-state index contributed by atoms with van der Waals surface area (Å²) in [5.41, 5.74) is 4.87. The molecule has 29 heavy (non-hydrogen) atoms. The molecule has 0 aromatic heterocycles. The molecule has 8 heteroatoms. The molecule has 1 heterocycles. The fourth-order valence-corrected chi connectivity index (χ4v) is 4.14. The quantitative estimate of drug-likeness (QED) is 0.712. The summed E-state index contributed by atoms with van der Waals surface area (Å²) in [6, 6.07) is 6.96. The molecule has 3 amide bonds. The van der Waals surface area contributed by atoms with Crippen molar-refractivity contribution in [2.24, 2.45) is 5.73 Å². The molecule has 2 aliphatic rings. The molecule has 3 atom stereocenters. The Hall–Kier alpha value is -2.09. The number of primary amides is 1. The van der Waals surface area contributed by atoms with Crippen molar-refractivity contribution in [3.05, 3.63) is 34.3 Å². The maximum Gasteiger partial charge on any atom is 0.410 e. The van der Waals surface area contributed by atoms with Crippen molar-refractivity contribution in [2.45, 2.75) is 69.6 Å². The molecule has 1 saturated heterocycles. The maximum absolute atomic E-state index is 13.1. The van der Waals surface area contributed by atoms with Crippen LogP contribution in [0.5, 0.6) is 0 Å². The van der Waals surface area contributed by atoms with Gasteiger partial charge in [0.05, 0.1) is 0 Å². The predicted molar refractivity (Wildman–Crippen MR) is 112 cm³/mol. The molecule has 0 unspecified atom stereocenters. The van der Waals surface area contributed by atoms with Crippen LogP contribution in [0.4, 0.5) is 4.79 Å². The summed E-state index contributed by atoms with van der Waals surface area (Å²) < 4.78 is 6.40. The van der Waals surface area contributed by atoms with Gasteiger partial charge in [0.15, 0.2) is 0 Å². The predicted octanol–water partition coefficient (Wildman–Crippen LogP) is 3.07. The van der Waals surface area contributed by atoms with Crippen molar-refractivity contribution in [2.75, 3.05) is 6.54 Å². The van der Waals surface area contributed by atoms with Gasteiger partial charge in [-0.1, -0.05) is 28.1 Å². The minimum Gasteiger partial charge on any atom is -0.444 e. The fraction of sp³-hybridized carbons (Fsp3) is 0.571. The smallest absolute Gasteiger partial charge is 0.410 e. The molecule has 158 valence electrons. The number of amides is 3. The largest absolute Gasteiger partial charge is 0.444 e. The Bertz CT molecular complexity index is 805. The fourth-order valence-electron chi connectivity index (χ4n) is 3.88. The second-order valence-electron chi connectivity index (χ2n) is 8.82. The number of hydrogen-bond donors (Lipinski definition) is 2. The van der Waals surface area contributed by atoms with E-state index >= 15 is 0 Å². The zero-order chi connectivity index (χ0) is 21.4. The molecular formula is C21H28BrN3O4. The lowest BCUT2D eigenvalue weighted by Crippen LogP contribution is -2.57. The van der Waals surface area contributed by atoms with Crippen LogP contribution >= 0.6 is 15.9 Å². The van der Waals surface area contributed by atoms with Crippen molar-refractivity contribution in [3.8, 4) is 0 Å². The Morgan fingerprint density at radius 2 is 1.86 bits per heavy atom. The number of nitrogens with one attached hydrogen (secondary N) is 1. The Morgan fingerprint density at radius 3 is 2.45 bits per heavy atom. The van der Waals surface area contributed by atoms with Gasteiger partial charge >= 0.3 is 6.09 Å². The number of carbonyl (C=O) groups is 3. The van der Waals surface area contributed by atoms with Crippen LogP contribution in [-0.4, -0.2) is 46.5 Å². The Kier molecular flexibility index (Phi) is 5.94. The molecule has 1 aromatic rings. The van der Waals surface area contributed by atoms with Crippen LogP contribution in [0.3, 0.4) is 0 Å². The molecule has 0 radical (unpaired) electrons. The molecule has 1 saturated carbocycles. The van der Waals surface area contributed by atoms with Crippen LogP contribution in [0.15, 0.2) is 28.7 Å². The second kappa shape index (κ2) is 7.97. The molecule has 0 bridgehead atoms. The van der Waals surface area contributed by atoms with Crippen molar-refractivity contribution >= 4 is 33.8 Å². The summed E-state index contributed by atoms with van der Waals surface area (Å²) >= 11 is 3.39. The first-order chi connectivity index (χ1) is 13.5. The third-order valence-corrected chi connectivity index (χ3v) is 5.98. The summed E-state index contributed by atoms with van der Waals surface area (Å²) in [4.78, 5) is 39.4. The Labute approximate surface area is 179 Å². The number of rotatable bonds is 4. The molecule has 2 fully saturated rings. The van der Waals surface area contributed by atoms with Gasteiger partial charge in [0.1, 0.15) is 17.2 Å². The zero-order valence-corrected chi connectivity index (χ0v) is 18.6. The van der Waals surface area contributed by atoms with Crippen LogP contribution in [0.1, 0.15) is 57.9 Å². The lowest BCUT2D eigenvalue weighted by atomic mass is 10.00. The highest BCUT2D eigenvalue weighted by atomic mass is 79.9. The monoisotopic (exact) mass is 465 g/mol. The van der Waals surface area contributed by atoms with E-state index in [1.807, 2.05) is 24.3 Å². The maximum atomic E-state index is 13.1. The third kappa shape index (κ3) is 4.74. The number of benzene rings is 1. The van der Waals surface area contributed by atoms with Gasteiger partial charge in [-0.25, -0.2) is 4.79 Å². The van der Waals surface area contributed by atoms with Gasteiger partial charge in [-0.3, -0.25) is 14.5 Å². The van der Waals surface area contributed by atoms with E-state index in [9.17, 15) is 14.4 Å². The van der Waals surface area contributed by atoms with Gasteiger partial charge in [0, 0.05) is 16.9 Å². The number of nitrogens with zero attached hydrogens (tertiary/aromatic N) is 1. The summed E-state index contributed by atoms with van der Waals surface area (Å²) in [7, 11) is 0. The average Bonchev–Trinajstić information content (AvgIpc) is 3.36. The lowest BCUT2D eigenvalue weighted by Gasteiger charge is -2.36. The van der Waals surface area contributed by atoms with Crippen molar-refractivity contribution in [1.82, 2.24) is 10.2 Å². The Balaban J connectivity index is 1.75. The minimum atomic E-state index is -1.11. The second-order valence-corrected chi connectivity index (χ2v) is 9.73. The molecule has 1 aliphatic heterocycles. The first-order valence-electron chi connectivity index (χ1n) is 9.90. The highest BCUT2D eigenvalue weighted by Crippen LogP contribution is 2.51. The van der Waals surface area contributed by atoms with Crippen molar-refractivity contribution in [3.63, 3.8) is 0 Å². The molecule has 1 aliphatic carbocycles. The highest BCUT2D eigenvalue weighted by Gasteiger charge is 2.61. The topological polar surface area (TPSA) is 102 Å². The number of likely N-dealkylation sites (tertiary alicyclic amines) is 1. The Morgan fingerprint density at radius 1 is 1.21 bits per heavy atom. The van der Waals surface area contributed by atoms with E-state index in [1.54, 1.807) is 20.8 Å². The SMILES string of the molecule is CC(C)(C)OC(=O)N1CCCC[C@H]1C(=O)N[C@]1(C(N)=O)C[C@@H]1c1ccc(Br)cc1. The van der Waals surface area contributed by atoms with Crippen LogP contribution in [-0.2, 0) is 14.3 Å². The standard InChI is InChI=1S/C21H28BrN3O4/c1-20(2,3)29-19(28)25-11-5-4-6-16(25)17(26)24-21(18(23)27)12-15(21)13-7-9-14(22)10-8-13/h7-10,15-16H,4-6,11-12H2,1-3H3,(H2,23,27)(H,24,26)/t15-,16+,21-/m1/s1. The normalized spacial score (nSPS) is 26.6. The molecule has 3 rings (SSSR count). The summed E-state index contributed by atoms with van der Waals surface area (Å²) in [5.74, 6) is -1.08.